The van der Waals surface area contributed by atoms with Crippen LogP contribution in [0.5, 0.6) is 5.75 Å². The van der Waals surface area contributed by atoms with Crippen LogP contribution in [0.1, 0.15) is 40.0 Å². The van der Waals surface area contributed by atoms with Crippen molar-refractivity contribution in [2.24, 2.45) is 5.92 Å². The number of amides is 1. The molecule has 1 atom stereocenters. The maximum absolute atomic E-state index is 12.5. The smallest absolute Gasteiger partial charge is 0.232 e. The first-order valence-electron chi connectivity index (χ1n) is 9.19. The molecule has 0 radical (unpaired) electrons. The predicted octanol–water partition coefficient (Wildman–Crippen LogP) is 2.89. The molecule has 1 fully saturated rings. The molecule has 1 saturated heterocycles. The van der Waals surface area contributed by atoms with Crippen molar-refractivity contribution in [3.05, 3.63) is 24.3 Å². The third-order valence-corrected chi connectivity index (χ3v) is 5.63. The Labute approximate surface area is 157 Å². The molecular weight excluding hydrogens is 352 g/mol. The normalized spacial score (nSPS) is 18.0. The maximum Gasteiger partial charge on any atom is 0.232 e. The highest BCUT2D eigenvalue weighted by atomic mass is 32.2. The van der Waals surface area contributed by atoms with Gasteiger partial charge in [-0.1, -0.05) is 6.92 Å². The van der Waals surface area contributed by atoms with Gasteiger partial charge in [-0.25, -0.2) is 8.42 Å². The lowest BCUT2D eigenvalue weighted by Gasteiger charge is -2.32. The standard InChI is InChI=1S/C19H30N2O4S/c1-15(2)25-18-9-7-17(8-10-18)21(26(4,23)24)13-11-19(22)20-12-5-6-16(3)14-20/h7-10,15-16H,5-6,11-14H2,1-4H3. The lowest BCUT2D eigenvalue weighted by Crippen LogP contribution is -2.41. The quantitative estimate of drug-likeness (QED) is 0.727. The summed E-state index contributed by atoms with van der Waals surface area (Å²) in [7, 11) is -3.47. The number of hydrogen-bond donors (Lipinski definition) is 0. The Morgan fingerprint density at radius 2 is 1.96 bits per heavy atom. The molecule has 6 nitrogen and oxygen atoms in total. The Balaban J connectivity index is 2.05. The Morgan fingerprint density at radius 1 is 1.31 bits per heavy atom. The molecule has 1 amide bonds. The Bertz CT molecular complexity index is 701. The number of nitrogens with zero attached hydrogens (tertiary/aromatic N) is 2. The van der Waals surface area contributed by atoms with Crippen molar-refractivity contribution in [1.82, 2.24) is 4.90 Å². The first-order valence-corrected chi connectivity index (χ1v) is 11.0. The fourth-order valence-corrected chi connectivity index (χ4v) is 4.15. The molecule has 2 rings (SSSR count). The van der Waals surface area contributed by atoms with Crippen LogP contribution < -0.4 is 9.04 Å². The molecule has 1 unspecified atom stereocenters. The van der Waals surface area contributed by atoms with Gasteiger partial charge in [-0.3, -0.25) is 9.10 Å². The van der Waals surface area contributed by atoms with E-state index in [9.17, 15) is 13.2 Å². The average molecular weight is 383 g/mol. The first-order chi connectivity index (χ1) is 12.2. The number of likely N-dealkylation sites (tertiary alicyclic amines) is 1. The van der Waals surface area contributed by atoms with Crippen LogP contribution in [-0.4, -0.2) is 51.2 Å². The van der Waals surface area contributed by atoms with Gasteiger partial charge in [0.05, 0.1) is 18.0 Å². The minimum atomic E-state index is -3.47. The van der Waals surface area contributed by atoms with E-state index in [-0.39, 0.29) is 25.0 Å². The topological polar surface area (TPSA) is 66.9 Å². The third kappa shape index (κ3) is 5.90. The van der Waals surface area contributed by atoms with Gasteiger partial charge >= 0.3 is 0 Å². The van der Waals surface area contributed by atoms with Gasteiger partial charge in [-0.15, -0.1) is 0 Å². The van der Waals surface area contributed by atoms with Crippen LogP contribution >= 0.6 is 0 Å². The molecule has 1 heterocycles. The Morgan fingerprint density at radius 3 is 2.50 bits per heavy atom. The van der Waals surface area contributed by atoms with E-state index in [4.69, 9.17) is 4.74 Å². The monoisotopic (exact) mass is 382 g/mol. The highest BCUT2D eigenvalue weighted by molar-refractivity contribution is 7.92. The molecule has 0 aliphatic carbocycles. The van der Waals surface area contributed by atoms with Crippen molar-refractivity contribution >= 4 is 21.6 Å². The first kappa shape index (κ1) is 20.6. The summed E-state index contributed by atoms with van der Waals surface area (Å²) in [6.45, 7) is 7.69. The van der Waals surface area contributed by atoms with Gasteiger partial charge in [0.15, 0.2) is 0 Å². The van der Waals surface area contributed by atoms with Crippen molar-refractivity contribution in [3.8, 4) is 5.75 Å². The lowest BCUT2D eigenvalue weighted by atomic mass is 10.00. The molecule has 1 aliphatic rings. The van der Waals surface area contributed by atoms with E-state index in [1.165, 1.54) is 10.6 Å². The maximum atomic E-state index is 12.5. The number of hydrogen-bond acceptors (Lipinski definition) is 4. The van der Waals surface area contributed by atoms with Crippen LogP contribution in [0.25, 0.3) is 0 Å². The number of sulfonamides is 1. The number of ether oxygens (including phenoxy) is 1. The molecule has 1 aromatic rings. The fraction of sp³-hybridized carbons (Fsp3) is 0.632. The molecule has 0 bridgehead atoms. The molecule has 0 spiro atoms. The molecule has 26 heavy (non-hydrogen) atoms. The van der Waals surface area contributed by atoms with Crippen molar-refractivity contribution in [1.29, 1.82) is 0 Å². The van der Waals surface area contributed by atoms with Gasteiger partial charge in [0.1, 0.15) is 5.75 Å². The Kier molecular flexibility index (Phi) is 6.92. The number of carbonyl (C=O) groups is 1. The van der Waals surface area contributed by atoms with E-state index in [1.54, 1.807) is 24.3 Å². The van der Waals surface area contributed by atoms with E-state index in [0.717, 1.165) is 25.9 Å². The molecule has 1 aromatic carbocycles. The largest absolute Gasteiger partial charge is 0.491 e. The number of benzene rings is 1. The van der Waals surface area contributed by atoms with E-state index in [1.807, 2.05) is 18.7 Å². The van der Waals surface area contributed by atoms with Crippen LogP contribution in [0.15, 0.2) is 24.3 Å². The molecule has 146 valence electrons. The molecule has 1 aliphatic heterocycles. The van der Waals surface area contributed by atoms with E-state index in [0.29, 0.717) is 17.4 Å². The van der Waals surface area contributed by atoms with Crippen molar-refractivity contribution in [2.45, 2.75) is 46.1 Å². The summed E-state index contributed by atoms with van der Waals surface area (Å²) in [5, 5.41) is 0. The zero-order chi connectivity index (χ0) is 19.3. The summed E-state index contributed by atoms with van der Waals surface area (Å²) in [5.74, 6) is 1.22. The van der Waals surface area contributed by atoms with E-state index < -0.39 is 10.0 Å². The van der Waals surface area contributed by atoms with Crippen LogP contribution in [0, 0.1) is 5.92 Å². The lowest BCUT2D eigenvalue weighted by molar-refractivity contribution is -0.132. The highest BCUT2D eigenvalue weighted by Gasteiger charge is 2.23. The molecular formula is C19H30N2O4S. The van der Waals surface area contributed by atoms with Crippen LogP contribution in [-0.2, 0) is 14.8 Å². The second kappa shape index (κ2) is 8.75. The van der Waals surface area contributed by atoms with Gasteiger partial charge < -0.3 is 9.64 Å². The van der Waals surface area contributed by atoms with E-state index in [2.05, 4.69) is 6.92 Å². The highest BCUT2D eigenvalue weighted by Crippen LogP contribution is 2.23. The van der Waals surface area contributed by atoms with Gasteiger partial charge in [0, 0.05) is 26.1 Å². The molecule has 0 aromatic heterocycles. The van der Waals surface area contributed by atoms with Gasteiger partial charge in [-0.2, -0.15) is 0 Å². The van der Waals surface area contributed by atoms with Crippen LogP contribution in [0.2, 0.25) is 0 Å². The SMILES string of the molecule is CC1CCCN(C(=O)CCN(c2ccc(OC(C)C)cc2)S(C)(=O)=O)C1. The number of piperidine rings is 1. The number of carbonyl (C=O) groups excluding carboxylic acids is 1. The zero-order valence-electron chi connectivity index (χ0n) is 16.1. The summed E-state index contributed by atoms with van der Waals surface area (Å²) < 4.78 is 31.3. The summed E-state index contributed by atoms with van der Waals surface area (Å²) in [6.07, 6.45) is 3.56. The van der Waals surface area contributed by atoms with Gasteiger partial charge in [0.25, 0.3) is 0 Å². The zero-order valence-corrected chi connectivity index (χ0v) is 17.0. The predicted molar refractivity (Wildman–Crippen MR) is 104 cm³/mol. The summed E-state index contributed by atoms with van der Waals surface area (Å²) in [5.41, 5.74) is 0.545. The summed E-state index contributed by atoms with van der Waals surface area (Å²) in [6, 6.07) is 6.93. The second-order valence-electron chi connectivity index (χ2n) is 7.33. The Hall–Kier alpha value is -1.76. The van der Waals surface area contributed by atoms with Crippen molar-refractivity contribution < 1.29 is 17.9 Å². The minimum Gasteiger partial charge on any atom is -0.491 e. The third-order valence-electron chi connectivity index (χ3n) is 4.44. The van der Waals surface area contributed by atoms with Crippen molar-refractivity contribution in [3.63, 3.8) is 0 Å². The second-order valence-corrected chi connectivity index (χ2v) is 9.24. The van der Waals surface area contributed by atoms with Crippen LogP contribution in [0.4, 0.5) is 5.69 Å². The fourth-order valence-electron chi connectivity index (χ4n) is 3.22. The number of anilines is 1. The molecule has 0 saturated carbocycles. The number of rotatable bonds is 7. The minimum absolute atomic E-state index is 0.0185. The van der Waals surface area contributed by atoms with Gasteiger partial charge in [0.2, 0.25) is 15.9 Å². The summed E-state index contributed by atoms with van der Waals surface area (Å²) >= 11 is 0. The van der Waals surface area contributed by atoms with Gasteiger partial charge in [-0.05, 0) is 56.9 Å². The molecule has 7 heteroatoms. The average Bonchev–Trinajstić information content (AvgIpc) is 2.54. The van der Waals surface area contributed by atoms with Crippen molar-refractivity contribution in [2.75, 3.05) is 30.2 Å². The molecule has 0 N–H and O–H groups in total. The summed E-state index contributed by atoms with van der Waals surface area (Å²) in [4.78, 5) is 14.3. The van der Waals surface area contributed by atoms with E-state index >= 15 is 0 Å². The van der Waals surface area contributed by atoms with Crippen LogP contribution in [0.3, 0.4) is 0 Å².